The minimum Gasteiger partial charge on any atom is -0.348 e. The first kappa shape index (κ1) is 18.9. The highest BCUT2D eigenvalue weighted by atomic mass is 19.4. The van der Waals surface area contributed by atoms with Gasteiger partial charge in [0.15, 0.2) is 5.69 Å². The molecular weight excluding hydrogens is 371 g/mol. The Labute approximate surface area is 160 Å². The molecule has 4 rings (SSSR count). The summed E-state index contributed by atoms with van der Waals surface area (Å²) in [5, 5.41) is 11.0. The number of aromatic nitrogens is 3. The molecule has 2 fully saturated rings. The third-order valence-corrected chi connectivity index (χ3v) is 5.25. The van der Waals surface area contributed by atoms with Gasteiger partial charge in [-0.05, 0) is 37.3 Å². The van der Waals surface area contributed by atoms with E-state index >= 15 is 0 Å². The molecule has 0 atom stereocenters. The SMILES string of the molecule is O=C(NC1CC1)c1cn(C2CCN(Cc3cccc(C(F)(F)F)c3)CC2)nn1. The highest BCUT2D eigenvalue weighted by Crippen LogP contribution is 2.30. The number of amides is 1. The molecule has 0 bridgehead atoms. The molecule has 1 aromatic carbocycles. The Kier molecular flexibility index (Phi) is 5.09. The number of alkyl halides is 3. The number of nitrogens with zero attached hydrogens (tertiary/aromatic N) is 4. The van der Waals surface area contributed by atoms with E-state index in [1.807, 2.05) is 0 Å². The number of halogens is 3. The fourth-order valence-electron chi connectivity index (χ4n) is 3.49. The van der Waals surface area contributed by atoms with Gasteiger partial charge >= 0.3 is 6.18 Å². The van der Waals surface area contributed by atoms with Gasteiger partial charge in [0.25, 0.3) is 5.91 Å². The first-order valence-corrected chi connectivity index (χ1v) is 9.50. The number of hydrogen-bond donors (Lipinski definition) is 1. The molecular formula is C19H22F3N5O. The molecule has 1 aliphatic carbocycles. The van der Waals surface area contributed by atoms with Gasteiger partial charge in [-0.1, -0.05) is 23.4 Å². The maximum atomic E-state index is 12.9. The van der Waals surface area contributed by atoms with Crippen molar-refractivity contribution in [1.29, 1.82) is 0 Å². The first-order valence-electron chi connectivity index (χ1n) is 9.50. The number of piperidine rings is 1. The van der Waals surface area contributed by atoms with Crippen LogP contribution in [0.4, 0.5) is 13.2 Å². The van der Waals surface area contributed by atoms with Gasteiger partial charge < -0.3 is 5.32 Å². The molecule has 1 N–H and O–H groups in total. The van der Waals surface area contributed by atoms with E-state index in [2.05, 4.69) is 20.5 Å². The summed E-state index contributed by atoms with van der Waals surface area (Å²) in [5.41, 5.74) is 0.380. The summed E-state index contributed by atoms with van der Waals surface area (Å²) >= 11 is 0. The fraction of sp³-hybridized carbons (Fsp3) is 0.526. The van der Waals surface area contributed by atoms with Gasteiger partial charge in [0.05, 0.1) is 17.8 Å². The Bertz CT molecular complexity index is 838. The van der Waals surface area contributed by atoms with Crippen LogP contribution in [0, 0.1) is 0 Å². The topological polar surface area (TPSA) is 63.1 Å². The molecule has 0 unspecified atom stereocenters. The van der Waals surface area contributed by atoms with Gasteiger partial charge in [-0.2, -0.15) is 13.2 Å². The number of rotatable bonds is 5. The van der Waals surface area contributed by atoms with Crippen molar-refractivity contribution < 1.29 is 18.0 Å². The lowest BCUT2D eigenvalue weighted by Crippen LogP contribution is -2.34. The van der Waals surface area contributed by atoms with Gasteiger partial charge in [-0.3, -0.25) is 9.69 Å². The quantitative estimate of drug-likeness (QED) is 0.848. The number of carbonyl (C=O) groups is 1. The summed E-state index contributed by atoms with van der Waals surface area (Å²) in [6.07, 6.45) is 1.02. The van der Waals surface area contributed by atoms with Crippen LogP contribution >= 0.6 is 0 Å². The van der Waals surface area contributed by atoms with Crippen LogP contribution in [0.1, 0.15) is 53.3 Å². The summed E-state index contributed by atoms with van der Waals surface area (Å²) in [6.45, 7) is 2.00. The van der Waals surface area contributed by atoms with Crippen molar-refractivity contribution in [2.24, 2.45) is 0 Å². The molecule has 0 spiro atoms. The van der Waals surface area contributed by atoms with Crippen molar-refractivity contribution in [3.05, 3.63) is 47.3 Å². The van der Waals surface area contributed by atoms with E-state index in [1.54, 1.807) is 16.9 Å². The number of hydrogen-bond acceptors (Lipinski definition) is 4. The van der Waals surface area contributed by atoms with Gasteiger partial charge in [0.1, 0.15) is 0 Å². The zero-order valence-corrected chi connectivity index (χ0v) is 15.3. The third-order valence-electron chi connectivity index (χ3n) is 5.25. The Balaban J connectivity index is 1.31. The average Bonchev–Trinajstić information content (AvgIpc) is 3.33. The Hall–Kier alpha value is -2.42. The van der Waals surface area contributed by atoms with E-state index in [0.29, 0.717) is 17.8 Å². The lowest BCUT2D eigenvalue weighted by atomic mass is 10.0. The number of nitrogens with one attached hydrogen (secondary N) is 1. The monoisotopic (exact) mass is 393 g/mol. The molecule has 150 valence electrons. The maximum Gasteiger partial charge on any atom is 0.416 e. The van der Waals surface area contributed by atoms with E-state index < -0.39 is 11.7 Å². The number of benzene rings is 1. The minimum atomic E-state index is -4.32. The second-order valence-electron chi connectivity index (χ2n) is 7.54. The minimum absolute atomic E-state index is 0.146. The molecule has 1 aromatic heterocycles. The molecule has 2 heterocycles. The smallest absolute Gasteiger partial charge is 0.348 e. The van der Waals surface area contributed by atoms with Crippen molar-refractivity contribution >= 4 is 5.91 Å². The molecule has 2 aromatic rings. The molecule has 6 nitrogen and oxygen atoms in total. The van der Waals surface area contributed by atoms with Crippen LogP contribution in [0.25, 0.3) is 0 Å². The molecule has 28 heavy (non-hydrogen) atoms. The van der Waals surface area contributed by atoms with E-state index in [9.17, 15) is 18.0 Å². The molecule has 9 heteroatoms. The van der Waals surface area contributed by atoms with Gasteiger partial charge in [0.2, 0.25) is 0 Å². The van der Waals surface area contributed by atoms with Crippen molar-refractivity contribution in [3.63, 3.8) is 0 Å². The normalized spacial score (nSPS) is 19.0. The molecule has 1 saturated heterocycles. The van der Waals surface area contributed by atoms with Crippen LogP contribution in [0.5, 0.6) is 0 Å². The van der Waals surface area contributed by atoms with Gasteiger partial charge in [-0.25, -0.2) is 4.68 Å². The van der Waals surface area contributed by atoms with E-state index in [0.717, 1.165) is 44.8 Å². The second kappa shape index (κ2) is 7.54. The molecule has 1 aliphatic heterocycles. The zero-order valence-electron chi connectivity index (χ0n) is 15.3. The molecule has 1 amide bonds. The van der Waals surface area contributed by atoms with Crippen LogP contribution in [0.3, 0.4) is 0 Å². The van der Waals surface area contributed by atoms with Crippen molar-refractivity contribution in [2.75, 3.05) is 13.1 Å². The standard InChI is InChI=1S/C19H22F3N5O/c20-19(21,22)14-3-1-2-13(10-14)11-26-8-6-16(7-9-26)27-12-17(24-25-27)18(28)23-15-4-5-15/h1-3,10,12,15-16H,4-9,11H2,(H,23,28). The van der Waals surface area contributed by atoms with E-state index in [-0.39, 0.29) is 18.0 Å². The van der Waals surface area contributed by atoms with Crippen molar-refractivity contribution in [1.82, 2.24) is 25.2 Å². The zero-order chi connectivity index (χ0) is 19.7. The lowest BCUT2D eigenvalue weighted by Gasteiger charge is -2.31. The van der Waals surface area contributed by atoms with Crippen LogP contribution in [-0.4, -0.2) is 44.9 Å². The highest BCUT2D eigenvalue weighted by molar-refractivity contribution is 5.92. The second-order valence-corrected chi connectivity index (χ2v) is 7.54. The predicted molar refractivity (Wildman–Crippen MR) is 95.5 cm³/mol. The Morgan fingerprint density at radius 1 is 1.18 bits per heavy atom. The van der Waals surface area contributed by atoms with Crippen LogP contribution < -0.4 is 5.32 Å². The third kappa shape index (κ3) is 4.52. The molecule has 1 saturated carbocycles. The first-order chi connectivity index (χ1) is 13.4. The fourth-order valence-corrected chi connectivity index (χ4v) is 3.49. The largest absolute Gasteiger partial charge is 0.416 e. The van der Waals surface area contributed by atoms with E-state index in [4.69, 9.17) is 0 Å². The van der Waals surface area contributed by atoms with Crippen molar-refractivity contribution in [2.45, 2.75) is 50.5 Å². The van der Waals surface area contributed by atoms with Crippen LogP contribution in [0.15, 0.2) is 30.5 Å². The van der Waals surface area contributed by atoms with Gasteiger partial charge in [0, 0.05) is 25.7 Å². The number of likely N-dealkylation sites (tertiary alicyclic amines) is 1. The molecule has 2 aliphatic rings. The summed E-state index contributed by atoms with van der Waals surface area (Å²) in [6, 6.07) is 5.91. The Morgan fingerprint density at radius 3 is 2.61 bits per heavy atom. The lowest BCUT2D eigenvalue weighted by molar-refractivity contribution is -0.137. The number of carbonyl (C=O) groups excluding carboxylic acids is 1. The van der Waals surface area contributed by atoms with Crippen LogP contribution in [0.2, 0.25) is 0 Å². The van der Waals surface area contributed by atoms with Crippen LogP contribution in [-0.2, 0) is 12.7 Å². The van der Waals surface area contributed by atoms with Crippen molar-refractivity contribution in [3.8, 4) is 0 Å². The maximum absolute atomic E-state index is 12.9. The highest BCUT2D eigenvalue weighted by Gasteiger charge is 2.31. The summed E-state index contributed by atoms with van der Waals surface area (Å²) in [4.78, 5) is 14.2. The van der Waals surface area contributed by atoms with Gasteiger partial charge in [-0.15, -0.1) is 5.10 Å². The Morgan fingerprint density at radius 2 is 1.93 bits per heavy atom. The average molecular weight is 393 g/mol. The predicted octanol–water partition coefficient (Wildman–Crippen LogP) is 3.03. The van der Waals surface area contributed by atoms with E-state index in [1.165, 1.54) is 12.1 Å². The summed E-state index contributed by atoms with van der Waals surface area (Å²) < 4.78 is 40.3. The summed E-state index contributed by atoms with van der Waals surface area (Å²) in [5.74, 6) is -0.185. The molecule has 0 radical (unpaired) electrons. The summed E-state index contributed by atoms with van der Waals surface area (Å²) in [7, 11) is 0.